The molecule has 0 aromatic carbocycles. The molecule has 1 atom stereocenters. The Bertz CT molecular complexity index is 251. The third kappa shape index (κ3) is 3.53. The highest BCUT2D eigenvalue weighted by Crippen LogP contribution is 2.18. The normalized spacial score (nSPS) is 14.2. The summed E-state index contributed by atoms with van der Waals surface area (Å²) in [6.07, 6.45) is 4.29. The van der Waals surface area contributed by atoms with Gasteiger partial charge in [0.1, 0.15) is 0 Å². The Hall–Kier alpha value is -0.930. The molecule has 0 amide bonds. The zero-order chi connectivity index (χ0) is 9.90. The van der Waals surface area contributed by atoms with Gasteiger partial charge in [0, 0.05) is 24.0 Å². The smallest absolute Gasteiger partial charge is 0.0327 e. The molecular formula is C10H17N3. The quantitative estimate of drug-likeness (QED) is 0.733. The average Bonchev–Trinajstić information content (AvgIpc) is 2.03. The van der Waals surface area contributed by atoms with Gasteiger partial charge >= 0.3 is 0 Å². The van der Waals surface area contributed by atoms with Gasteiger partial charge in [0.15, 0.2) is 0 Å². The van der Waals surface area contributed by atoms with Gasteiger partial charge < -0.3 is 11.5 Å². The number of hydrogen-bond acceptors (Lipinski definition) is 3. The molecule has 0 aliphatic rings. The fraction of sp³-hybridized carbons (Fsp3) is 0.500. The van der Waals surface area contributed by atoms with Crippen molar-refractivity contribution < 1.29 is 0 Å². The maximum absolute atomic E-state index is 5.96. The van der Waals surface area contributed by atoms with E-state index in [9.17, 15) is 0 Å². The lowest BCUT2D eigenvalue weighted by molar-refractivity contribution is 0.428. The van der Waals surface area contributed by atoms with E-state index in [0.29, 0.717) is 0 Å². The summed E-state index contributed by atoms with van der Waals surface area (Å²) >= 11 is 0. The number of nitrogens with two attached hydrogens (primary N) is 2. The van der Waals surface area contributed by atoms with Crippen molar-refractivity contribution in [1.82, 2.24) is 4.98 Å². The molecule has 0 saturated heterocycles. The Morgan fingerprint density at radius 1 is 1.54 bits per heavy atom. The molecule has 0 fully saturated rings. The first-order chi connectivity index (χ1) is 5.99. The van der Waals surface area contributed by atoms with E-state index in [1.807, 2.05) is 26.0 Å². The number of pyridine rings is 1. The summed E-state index contributed by atoms with van der Waals surface area (Å²) < 4.78 is 0. The van der Waals surface area contributed by atoms with Gasteiger partial charge in [0.2, 0.25) is 0 Å². The van der Waals surface area contributed by atoms with Gasteiger partial charge in [0.25, 0.3) is 0 Å². The van der Waals surface area contributed by atoms with Crippen LogP contribution in [0, 0.1) is 0 Å². The van der Waals surface area contributed by atoms with Crippen LogP contribution in [0.4, 0.5) is 0 Å². The van der Waals surface area contributed by atoms with Gasteiger partial charge in [-0.3, -0.25) is 4.98 Å². The molecule has 4 N–H and O–H groups in total. The molecule has 1 unspecified atom stereocenters. The highest BCUT2D eigenvalue weighted by molar-refractivity contribution is 5.13. The Kier molecular flexibility index (Phi) is 3.01. The molecule has 1 aromatic rings. The summed E-state index contributed by atoms with van der Waals surface area (Å²) in [5, 5.41) is 0. The van der Waals surface area contributed by atoms with Crippen molar-refractivity contribution in [2.24, 2.45) is 11.5 Å². The van der Waals surface area contributed by atoms with Crippen molar-refractivity contribution in [3.8, 4) is 0 Å². The van der Waals surface area contributed by atoms with Gasteiger partial charge in [-0.05, 0) is 31.9 Å². The fourth-order valence-corrected chi connectivity index (χ4v) is 1.28. The lowest BCUT2D eigenvalue weighted by Gasteiger charge is -2.23. The van der Waals surface area contributed by atoms with Crippen LogP contribution in [0.2, 0.25) is 0 Å². The van der Waals surface area contributed by atoms with Crippen LogP contribution in [0.15, 0.2) is 24.5 Å². The largest absolute Gasteiger partial charge is 0.325 e. The maximum atomic E-state index is 5.96. The van der Waals surface area contributed by atoms with E-state index < -0.39 is 0 Å². The molecular weight excluding hydrogens is 162 g/mol. The predicted octanol–water partition coefficient (Wildman–Crippen LogP) is 1.21. The Balaban J connectivity index is 2.64. The highest BCUT2D eigenvalue weighted by atomic mass is 14.8. The summed E-state index contributed by atoms with van der Waals surface area (Å²) in [6.45, 7) is 3.95. The number of nitrogens with zero attached hydrogens (tertiary/aromatic N) is 1. The maximum Gasteiger partial charge on any atom is 0.0327 e. The van der Waals surface area contributed by atoms with Gasteiger partial charge in [-0.2, -0.15) is 0 Å². The van der Waals surface area contributed by atoms with Crippen LogP contribution >= 0.6 is 0 Å². The summed E-state index contributed by atoms with van der Waals surface area (Å²) in [5.41, 5.74) is 12.7. The molecule has 3 nitrogen and oxygen atoms in total. The molecule has 13 heavy (non-hydrogen) atoms. The molecule has 72 valence electrons. The zero-order valence-electron chi connectivity index (χ0n) is 8.20. The molecule has 3 heteroatoms. The summed E-state index contributed by atoms with van der Waals surface area (Å²) in [7, 11) is 0. The van der Waals surface area contributed by atoms with E-state index >= 15 is 0 Å². The van der Waals surface area contributed by atoms with Gasteiger partial charge in [-0.1, -0.05) is 6.07 Å². The first kappa shape index (κ1) is 10.2. The first-order valence-corrected chi connectivity index (χ1v) is 4.43. The second-order valence-electron chi connectivity index (χ2n) is 4.09. The highest BCUT2D eigenvalue weighted by Gasteiger charge is 2.16. The predicted molar refractivity (Wildman–Crippen MR) is 54.0 cm³/mol. The first-order valence-electron chi connectivity index (χ1n) is 4.43. The lowest BCUT2D eigenvalue weighted by atomic mass is 9.93. The van der Waals surface area contributed by atoms with Gasteiger partial charge in [-0.25, -0.2) is 0 Å². The number of rotatable bonds is 3. The van der Waals surface area contributed by atoms with E-state index in [0.717, 1.165) is 12.0 Å². The average molecular weight is 179 g/mol. The van der Waals surface area contributed by atoms with Crippen molar-refractivity contribution in [3.05, 3.63) is 30.1 Å². The molecule has 0 saturated carbocycles. The minimum atomic E-state index is -0.227. The molecule has 1 rings (SSSR count). The van der Waals surface area contributed by atoms with Crippen LogP contribution in [0.5, 0.6) is 0 Å². The molecule has 0 aliphatic heterocycles. The second-order valence-corrected chi connectivity index (χ2v) is 4.09. The summed E-state index contributed by atoms with van der Waals surface area (Å²) in [5.74, 6) is 0. The van der Waals surface area contributed by atoms with E-state index in [1.54, 1.807) is 12.4 Å². The van der Waals surface area contributed by atoms with Crippen LogP contribution in [-0.4, -0.2) is 10.5 Å². The zero-order valence-corrected chi connectivity index (χ0v) is 8.20. The Labute approximate surface area is 79.2 Å². The van der Waals surface area contributed by atoms with E-state index in [4.69, 9.17) is 11.5 Å². The van der Waals surface area contributed by atoms with Gasteiger partial charge in [0.05, 0.1) is 0 Å². The van der Waals surface area contributed by atoms with E-state index in [1.165, 1.54) is 0 Å². The third-order valence-electron chi connectivity index (χ3n) is 1.86. The van der Waals surface area contributed by atoms with Crippen LogP contribution < -0.4 is 11.5 Å². The topological polar surface area (TPSA) is 64.9 Å². The Morgan fingerprint density at radius 3 is 2.69 bits per heavy atom. The summed E-state index contributed by atoms with van der Waals surface area (Å²) in [4.78, 5) is 4.01. The minimum absolute atomic E-state index is 0.0197. The van der Waals surface area contributed by atoms with Gasteiger partial charge in [-0.15, -0.1) is 0 Å². The minimum Gasteiger partial charge on any atom is -0.325 e. The van der Waals surface area contributed by atoms with Crippen LogP contribution in [-0.2, 0) is 0 Å². The molecule has 1 heterocycles. The summed E-state index contributed by atoms with van der Waals surface area (Å²) in [6, 6.07) is 3.84. The Morgan fingerprint density at radius 2 is 2.23 bits per heavy atom. The van der Waals surface area contributed by atoms with Crippen LogP contribution in [0.1, 0.15) is 31.9 Å². The molecule has 0 bridgehead atoms. The van der Waals surface area contributed by atoms with Crippen molar-refractivity contribution in [2.45, 2.75) is 31.8 Å². The monoisotopic (exact) mass is 179 g/mol. The number of hydrogen-bond donors (Lipinski definition) is 2. The molecule has 0 spiro atoms. The van der Waals surface area contributed by atoms with Crippen LogP contribution in [0.3, 0.4) is 0 Å². The van der Waals surface area contributed by atoms with Crippen LogP contribution in [0.25, 0.3) is 0 Å². The van der Waals surface area contributed by atoms with Crippen molar-refractivity contribution in [3.63, 3.8) is 0 Å². The van der Waals surface area contributed by atoms with E-state index in [2.05, 4.69) is 4.98 Å². The van der Waals surface area contributed by atoms with E-state index in [-0.39, 0.29) is 11.6 Å². The second kappa shape index (κ2) is 3.85. The van der Waals surface area contributed by atoms with Crippen molar-refractivity contribution >= 4 is 0 Å². The molecule has 0 aliphatic carbocycles. The molecule has 0 radical (unpaired) electrons. The molecule has 1 aromatic heterocycles. The lowest BCUT2D eigenvalue weighted by Crippen LogP contribution is -2.35. The standard InChI is InChI=1S/C10H17N3/c1-10(2,12)6-9(11)8-4-3-5-13-7-8/h3-5,7,9H,6,11-12H2,1-2H3. The number of aromatic nitrogens is 1. The van der Waals surface area contributed by atoms with Crippen molar-refractivity contribution in [2.75, 3.05) is 0 Å². The third-order valence-corrected chi connectivity index (χ3v) is 1.86. The fourth-order valence-electron chi connectivity index (χ4n) is 1.28. The SMILES string of the molecule is CC(C)(N)CC(N)c1cccnc1. The van der Waals surface area contributed by atoms with Crippen molar-refractivity contribution in [1.29, 1.82) is 0 Å².